The zero-order valence-corrected chi connectivity index (χ0v) is 9.45. The molecule has 88 valence electrons. The summed E-state index contributed by atoms with van der Waals surface area (Å²) in [4.78, 5) is 0. The standard InChI is InChI=1S/C12H23NO2/c1-2-3-9-15-10-8-13-11-4-6-12(14)7-5-11/h2,11-14H,1,3-10H2. The molecule has 3 heteroatoms. The second-order valence-corrected chi connectivity index (χ2v) is 4.15. The van der Waals surface area contributed by atoms with E-state index in [9.17, 15) is 5.11 Å². The Kier molecular flexibility index (Phi) is 6.64. The van der Waals surface area contributed by atoms with Crippen LogP contribution in [0.3, 0.4) is 0 Å². The van der Waals surface area contributed by atoms with Crippen LogP contribution in [0.15, 0.2) is 12.7 Å². The number of hydrogen-bond donors (Lipinski definition) is 2. The first-order valence-corrected chi connectivity index (χ1v) is 5.93. The van der Waals surface area contributed by atoms with E-state index in [0.29, 0.717) is 6.04 Å². The van der Waals surface area contributed by atoms with Gasteiger partial charge in [0.25, 0.3) is 0 Å². The number of hydrogen-bond acceptors (Lipinski definition) is 3. The van der Waals surface area contributed by atoms with E-state index in [1.165, 1.54) is 0 Å². The molecule has 0 aromatic rings. The molecule has 0 atom stereocenters. The maximum absolute atomic E-state index is 9.33. The molecule has 1 aliphatic carbocycles. The van der Waals surface area contributed by atoms with Crippen LogP contribution in [0.5, 0.6) is 0 Å². The summed E-state index contributed by atoms with van der Waals surface area (Å²) in [6, 6.07) is 0.580. The predicted octanol–water partition coefficient (Wildman–Crippen LogP) is 1.47. The maximum atomic E-state index is 9.33. The topological polar surface area (TPSA) is 41.5 Å². The predicted molar refractivity (Wildman–Crippen MR) is 61.9 cm³/mol. The van der Waals surface area contributed by atoms with Crippen molar-refractivity contribution in [2.75, 3.05) is 19.8 Å². The summed E-state index contributed by atoms with van der Waals surface area (Å²) >= 11 is 0. The number of aliphatic hydroxyl groups excluding tert-OH is 1. The second-order valence-electron chi connectivity index (χ2n) is 4.15. The van der Waals surface area contributed by atoms with Crippen molar-refractivity contribution < 1.29 is 9.84 Å². The van der Waals surface area contributed by atoms with Crippen molar-refractivity contribution in [3.63, 3.8) is 0 Å². The molecule has 0 unspecified atom stereocenters. The minimum atomic E-state index is -0.0631. The maximum Gasteiger partial charge on any atom is 0.0591 e. The van der Waals surface area contributed by atoms with E-state index in [0.717, 1.165) is 51.9 Å². The van der Waals surface area contributed by atoms with E-state index in [4.69, 9.17) is 4.74 Å². The Hall–Kier alpha value is -0.380. The molecular weight excluding hydrogens is 190 g/mol. The largest absolute Gasteiger partial charge is 0.393 e. The van der Waals surface area contributed by atoms with Gasteiger partial charge in [-0.3, -0.25) is 0 Å². The Morgan fingerprint density at radius 3 is 2.67 bits per heavy atom. The van der Waals surface area contributed by atoms with Crippen LogP contribution in [0.2, 0.25) is 0 Å². The first-order chi connectivity index (χ1) is 7.33. The summed E-state index contributed by atoms with van der Waals surface area (Å²) in [5.41, 5.74) is 0. The lowest BCUT2D eigenvalue weighted by Crippen LogP contribution is -2.36. The Morgan fingerprint density at radius 2 is 2.00 bits per heavy atom. The molecule has 1 fully saturated rings. The molecule has 0 radical (unpaired) electrons. The summed E-state index contributed by atoms with van der Waals surface area (Å²) in [5.74, 6) is 0. The fraction of sp³-hybridized carbons (Fsp3) is 0.833. The fourth-order valence-electron chi connectivity index (χ4n) is 1.88. The minimum absolute atomic E-state index is 0.0631. The van der Waals surface area contributed by atoms with Crippen molar-refractivity contribution in [2.24, 2.45) is 0 Å². The molecule has 0 aliphatic heterocycles. The first kappa shape index (κ1) is 12.7. The third kappa shape index (κ3) is 5.92. The molecule has 15 heavy (non-hydrogen) atoms. The van der Waals surface area contributed by atoms with Crippen LogP contribution in [0.25, 0.3) is 0 Å². The van der Waals surface area contributed by atoms with Crippen LogP contribution in [-0.4, -0.2) is 37.0 Å². The SMILES string of the molecule is C=CCCOCCNC1CCC(O)CC1. The van der Waals surface area contributed by atoms with Gasteiger partial charge in [0.05, 0.1) is 19.3 Å². The van der Waals surface area contributed by atoms with Gasteiger partial charge >= 0.3 is 0 Å². The third-order valence-electron chi connectivity index (χ3n) is 2.84. The van der Waals surface area contributed by atoms with Crippen LogP contribution in [-0.2, 0) is 4.74 Å². The lowest BCUT2D eigenvalue weighted by atomic mass is 9.93. The van der Waals surface area contributed by atoms with E-state index in [1.54, 1.807) is 0 Å². The van der Waals surface area contributed by atoms with Gasteiger partial charge in [-0.15, -0.1) is 6.58 Å². The molecular formula is C12H23NO2. The van der Waals surface area contributed by atoms with E-state index in [-0.39, 0.29) is 6.10 Å². The van der Waals surface area contributed by atoms with Crippen LogP contribution in [0.1, 0.15) is 32.1 Å². The van der Waals surface area contributed by atoms with Crippen LogP contribution in [0.4, 0.5) is 0 Å². The third-order valence-corrected chi connectivity index (χ3v) is 2.84. The lowest BCUT2D eigenvalue weighted by Gasteiger charge is -2.26. The normalized spacial score (nSPS) is 26.5. The highest BCUT2D eigenvalue weighted by Crippen LogP contribution is 2.17. The van der Waals surface area contributed by atoms with Crippen LogP contribution < -0.4 is 5.32 Å². The highest BCUT2D eigenvalue weighted by Gasteiger charge is 2.18. The summed E-state index contributed by atoms with van der Waals surface area (Å²) in [7, 11) is 0. The van der Waals surface area contributed by atoms with Gasteiger partial charge in [0, 0.05) is 12.6 Å². The second kappa shape index (κ2) is 7.85. The van der Waals surface area contributed by atoms with E-state index < -0.39 is 0 Å². The van der Waals surface area contributed by atoms with Crippen molar-refractivity contribution in [2.45, 2.75) is 44.2 Å². The quantitative estimate of drug-likeness (QED) is 0.497. The zero-order valence-electron chi connectivity index (χ0n) is 9.45. The fourth-order valence-corrected chi connectivity index (χ4v) is 1.88. The van der Waals surface area contributed by atoms with Crippen LogP contribution >= 0.6 is 0 Å². The molecule has 0 heterocycles. The van der Waals surface area contributed by atoms with Crippen molar-refractivity contribution in [1.82, 2.24) is 5.32 Å². The smallest absolute Gasteiger partial charge is 0.0591 e. The van der Waals surface area contributed by atoms with Gasteiger partial charge in [-0.05, 0) is 32.1 Å². The van der Waals surface area contributed by atoms with Gasteiger partial charge in [-0.25, -0.2) is 0 Å². The van der Waals surface area contributed by atoms with Gasteiger partial charge in [0.15, 0.2) is 0 Å². The molecule has 0 aromatic carbocycles. The summed E-state index contributed by atoms with van der Waals surface area (Å²) in [6.45, 7) is 6.10. The van der Waals surface area contributed by atoms with E-state index in [1.807, 2.05) is 6.08 Å². The highest BCUT2D eigenvalue weighted by atomic mass is 16.5. The molecule has 1 rings (SSSR count). The van der Waals surface area contributed by atoms with Gasteiger partial charge in [0.1, 0.15) is 0 Å². The van der Waals surface area contributed by atoms with Crippen LogP contribution in [0, 0.1) is 0 Å². The van der Waals surface area contributed by atoms with Gasteiger partial charge in [-0.2, -0.15) is 0 Å². The molecule has 1 saturated carbocycles. The van der Waals surface area contributed by atoms with Gasteiger partial charge in [-0.1, -0.05) is 6.08 Å². The number of rotatable bonds is 7. The van der Waals surface area contributed by atoms with Crippen molar-refractivity contribution in [3.05, 3.63) is 12.7 Å². The Bertz CT molecular complexity index is 165. The van der Waals surface area contributed by atoms with Crippen molar-refractivity contribution >= 4 is 0 Å². The highest BCUT2D eigenvalue weighted by molar-refractivity contribution is 4.76. The Balaban J connectivity index is 1.89. The molecule has 2 N–H and O–H groups in total. The molecule has 3 nitrogen and oxygen atoms in total. The minimum Gasteiger partial charge on any atom is -0.393 e. The average molecular weight is 213 g/mol. The Labute approximate surface area is 92.5 Å². The molecule has 0 aromatic heterocycles. The molecule has 0 amide bonds. The molecule has 1 aliphatic rings. The average Bonchev–Trinajstić information content (AvgIpc) is 2.26. The summed E-state index contributed by atoms with van der Waals surface area (Å²) in [5, 5.41) is 12.8. The van der Waals surface area contributed by atoms with E-state index >= 15 is 0 Å². The first-order valence-electron chi connectivity index (χ1n) is 5.93. The lowest BCUT2D eigenvalue weighted by molar-refractivity contribution is 0.108. The number of nitrogens with one attached hydrogen (secondary N) is 1. The molecule has 0 bridgehead atoms. The van der Waals surface area contributed by atoms with Gasteiger partial charge in [0.2, 0.25) is 0 Å². The van der Waals surface area contributed by atoms with E-state index in [2.05, 4.69) is 11.9 Å². The van der Waals surface area contributed by atoms with Gasteiger partial charge < -0.3 is 15.2 Å². The van der Waals surface area contributed by atoms with Crippen molar-refractivity contribution in [1.29, 1.82) is 0 Å². The molecule has 0 saturated heterocycles. The Morgan fingerprint density at radius 1 is 1.27 bits per heavy atom. The summed E-state index contributed by atoms with van der Waals surface area (Å²) < 4.78 is 5.40. The zero-order chi connectivity index (χ0) is 10.9. The molecule has 0 spiro atoms. The summed E-state index contributed by atoms with van der Waals surface area (Å²) in [6.07, 6.45) is 6.80. The number of ether oxygens (including phenoxy) is 1. The number of aliphatic hydroxyl groups is 1. The van der Waals surface area contributed by atoms with Crippen molar-refractivity contribution in [3.8, 4) is 0 Å². The monoisotopic (exact) mass is 213 g/mol.